The number of benzene rings is 1. The fourth-order valence-electron chi connectivity index (χ4n) is 2.65. The molecule has 1 saturated carbocycles. The van der Waals surface area contributed by atoms with Crippen LogP contribution in [0.1, 0.15) is 37.4 Å². The second-order valence-corrected chi connectivity index (χ2v) is 9.66. The molecule has 0 atom stereocenters. The molecule has 3 aromatic rings. The van der Waals surface area contributed by atoms with Crippen molar-refractivity contribution in [2.45, 2.75) is 49.2 Å². The number of amides is 1. The van der Waals surface area contributed by atoms with Crippen LogP contribution in [-0.2, 0) is 10.5 Å². The first-order valence-corrected chi connectivity index (χ1v) is 11.9. The minimum Gasteiger partial charge on any atom is -0.332 e. The molecular weight excluding hydrogens is 410 g/mol. The zero-order valence-electron chi connectivity index (χ0n) is 15.7. The minimum absolute atomic E-state index is 0.126. The topological polar surface area (TPSA) is 71.0 Å². The number of aryl methyl sites for hydroxylation is 1. The molecule has 1 fully saturated rings. The second-order valence-electron chi connectivity index (χ2n) is 6.62. The Labute approximate surface area is 176 Å². The Morgan fingerprint density at radius 1 is 1.29 bits per heavy atom. The molecule has 0 aliphatic heterocycles. The maximum absolute atomic E-state index is 12.2. The lowest BCUT2D eigenvalue weighted by Crippen LogP contribution is -2.32. The predicted molar refractivity (Wildman–Crippen MR) is 117 cm³/mol. The highest BCUT2D eigenvalue weighted by atomic mass is 32.2. The molecule has 2 heterocycles. The number of rotatable bonds is 8. The van der Waals surface area contributed by atoms with E-state index in [0.29, 0.717) is 12.5 Å². The fourth-order valence-corrected chi connectivity index (χ4v) is 5.31. The van der Waals surface area contributed by atoms with E-state index in [1.165, 1.54) is 16.9 Å². The molecule has 1 N–H and O–H groups in total. The van der Waals surface area contributed by atoms with Gasteiger partial charge in [0.2, 0.25) is 11.0 Å². The van der Waals surface area contributed by atoms with Crippen LogP contribution < -0.4 is 10.2 Å². The number of nitrogens with zero attached hydrogens (tertiary/aromatic N) is 4. The highest BCUT2D eigenvalue weighted by Gasteiger charge is 2.35. The van der Waals surface area contributed by atoms with E-state index in [-0.39, 0.29) is 5.91 Å². The van der Waals surface area contributed by atoms with Gasteiger partial charge < -0.3 is 5.32 Å². The molecule has 1 aliphatic carbocycles. The third-order valence-electron chi connectivity index (χ3n) is 4.28. The van der Waals surface area contributed by atoms with Crippen molar-refractivity contribution in [3.63, 3.8) is 0 Å². The Morgan fingerprint density at radius 3 is 2.79 bits per heavy atom. The first kappa shape index (κ1) is 19.4. The van der Waals surface area contributed by atoms with Crippen LogP contribution in [0.25, 0.3) is 0 Å². The highest BCUT2D eigenvalue weighted by molar-refractivity contribution is 8.00. The molecule has 6 nitrogen and oxygen atoms in total. The summed E-state index contributed by atoms with van der Waals surface area (Å²) in [6.45, 7) is 3.96. The second kappa shape index (κ2) is 8.59. The first-order chi connectivity index (χ1) is 13.6. The van der Waals surface area contributed by atoms with Gasteiger partial charge in [-0.15, -0.1) is 21.5 Å². The molecule has 4 rings (SSSR count). The summed E-state index contributed by atoms with van der Waals surface area (Å²) in [6.07, 6.45) is 2.61. The van der Waals surface area contributed by atoms with Crippen molar-refractivity contribution in [1.29, 1.82) is 0 Å². The predicted octanol–water partition coefficient (Wildman–Crippen LogP) is 5.24. The zero-order valence-corrected chi connectivity index (χ0v) is 18.2. The summed E-state index contributed by atoms with van der Waals surface area (Å²) < 4.78 is 0.866. The van der Waals surface area contributed by atoms with E-state index in [0.717, 1.165) is 44.6 Å². The Hall–Kier alpha value is -1.97. The molecule has 1 amide bonds. The van der Waals surface area contributed by atoms with Crippen LogP contribution in [0, 0.1) is 6.92 Å². The lowest BCUT2D eigenvalue weighted by molar-refractivity contribution is -0.118. The molecule has 0 saturated heterocycles. The summed E-state index contributed by atoms with van der Waals surface area (Å²) >= 11 is 4.69. The molecule has 0 radical (unpaired) electrons. The van der Waals surface area contributed by atoms with Gasteiger partial charge in [-0.25, -0.2) is 4.98 Å². The van der Waals surface area contributed by atoms with Crippen molar-refractivity contribution >= 4 is 56.3 Å². The van der Waals surface area contributed by atoms with Gasteiger partial charge in [-0.2, -0.15) is 0 Å². The number of thiazole rings is 1. The van der Waals surface area contributed by atoms with Gasteiger partial charge in [-0.05, 0) is 31.9 Å². The standard InChI is InChI=1S/C19H21N5OS3/c1-3-16(25)24(15-8-9-15)18-22-23-19(28-18)27-11-14-10-26-17(21-14)20-13-6-4-12(2)5-7-13/h4-7,10,15H,3,8-9,11H2,1-2H3,(H,20,21). The maximum atomic E-state index is 12.2. The molecule has 0 bridgehead atoms. The largest absolute Gasteiger partial charge is 0.332 e. The van der Waals surface area contributed by atoms with E-state index in [9.17, 15) is 4.79 Å². The normalized spacial score (nSPS) is 13.5. The van der Waals surface area contributed by atoms with Crippen molar-refractivity contribution in [3.05, 3.63) is 40.9 Å². The summed E-state index contributed by atoms with van der Waals surface area (Å²) in [5.41, 5.74) is 3.28. The SMILES string of the molecule is CCC(=O)N(c1nnc(SCc2csc(Nc3ccc(C)cc3)n2)s1)C1CC1. The van der Waals surface area contributed by atoms with Gasteiger partial charge in [0, 0.05) is 29.3 Å². The molecule has 1 aromatic carbocycles. The Balaban J connectivity index is 1.35. The van der Waals surface area contributed by atoms with E-state index in [4.69, 9.17) is 0 Å². The Morgan fingerprint density at radius 2 is 2.07 bits per heavy atom. The molecule has 0 unspecified atom stereocenters. The van der Waals surface area contributed by atoms with Crippen LogP contribution in [0.5, 0.6) is 0 Å². The average molecular weight is 432 g/mol. The third kappa shape index (κ3) is 4.71. The number of aromatic nitrogens is 3. The van der Waals surface area contributed by atoms with Gasteiger partial charge in [0.1, 0.15) is 0 Å². The summed E-state index contributed by atoms with van der Waals surface area (Å²) in [4.78, 5) is 18.7. The molecule has 9 heteroatoms. The number of hydrogen-bond donors (Lipinski definition) is 1. The van der Waals surface area contributed by atoms with E-state index in [2.05, 4.69) is 57.1 Å². The highest BCUT2D eigenvalue weighted by Crippen LogP contribution is 2.37. The van der Waals surface area contributed by atoms with E-state index >= 15 is 0 Å². The van der Waals surface area contributed by atoms with E-state index < -0.39 is 0 Å². The van der Waals surface area contributed by atoms with Gasteiger partial charge in [-0.1, -0.05) is 47.7 Å². The Bertz CT molecular complexity index is 949. The third-order valence-corrected chi connectivity index (χ3v) is 7.18. The fraction of sp³-hybridized carbons (Fsp3) is 0.368. The Kier molecular flexibility index (Phi) is 5.93. The van der Waals surface area contributed by atoms with Crippen LogP contribution >= 0.6 is 34.4 Å². The molecule has 1 aliphatic rings. The van der Waals surface area contributed by atoms with Crippen molar-refractivity contribution in [1.82, 2.24) is 15.2 Å². The van der Waals surface area contributed by atoms with Gasteiger partial charge in [0.15, 0.2) is 9.47 Å². The summed E-state index contributed by atoms with van der Waals surface area (Å²) in [6, 6.07) is 8.57. The van der Waals surface area contributed by atoms with E-state index in [1.54, 1.807) is 23.1 Å². The summed E-state index contributed by atoms with van der Waals surface area (Å²) in [5, 5.41) is 15.5. The first-order valence-electron chi connectivity index (χ1n) is 9.19. The van der Waals surface area contributed by atoms with Crippen molar-refractivity contribution in [3.8, 4) is 0 Å². The quantitative estimate of drug-likeness (QED) is 0.388. The van der Waals surface area contributed by atoms with Gasteiger partial charge >= 0.3 is 0 Å². The molecular formula is C19H21N5OS3. The van der Waals surface area contributed by atoms with Crippen molar-refractivity contribution < 1.29 is 4.79 Å². The molecule has 28 heavy (non-hydrogen) atoms. The van der Waals surface area contributed by atoms with E-state index in [1.807, 2.05) is 11.8 Å². The van der Waals surface area contributed by atoms with Crippen LogP contribution in [0.4, 0.5) is 16.0 Å². The van der Waals surface area contributed by atoms with Gasteiger partial charge in [-0.3, -0.25) is 9.69 Å². The molecule has 2 aromatic heterocycles. The average Bonchev–Trinajstić information content (AvgIpc) is 3.24. The van der Waals surface area contributed by atoms with Crippen LogP contribution in [0.3, 0.4) is 0 Å². The smallest absolute Gasteiger partial charge is 0.228 e. The summed E-state index contributed by atoms with van der Waals surface area (Å²) in [7, 11) is 0. The van der Waals surface area contributed by atoms with Crippen LogP contribution in [-0.4, -0.2) is 27.1 Å². The van der Waals surface area contributed by atoms with Crippen LogP contribution in [0.15, 0.2) is 34.0 Å². The van der Waals surface area contributed by atoms with Crippen molar-refractivity contribution in [2.75, 3.05) is 10.2 Å². The monoisotopic (exact) mass is 431 g/mol. The number of carbonyl (C=O) groups is 1. The lowest BCUT2D eigenvalue weighted by Gasteiger charge is -2.17. The molecule has 146 valence electrons. The van der Waals surface area contributed by atoms with Crippen molar-refractivity contribution in [2.24, 2.45) is 0 Å². The lowest BCUT2D eigenvalue weighted by atomic mass is 10.2. The number of carbonyl (C=O) groups excluding carboxylic acids is 1. The number of nitrogens with one attached hydrogen (secondary N) is 1. The minimum atomic E-state index is 0.126. The number of thioether (sulfide) groups is 1. The van der Waals surface area contributed by atoms with Crippen LogP contribution in [0.2, 0.25) is 0 Å². The maximum Gasteiger partial charge on any atom is 0.228 e. The number of anilines is 3. The zero-order chi connectivity index (χ0) is 19.5. The van der Waals surface area contributed by atoms with Gasteiger partial charge in [0.05, 0.1) is 5.69 Å². The molecule has 0 spiro atoms. The summed E-state index contributed by atoms with van der Waals surface area (Å²) in [5.74, 6) is 0.854. The number of hydrogen-bond acceptors (Lipinski definition) is 8. The van der Waals surface area contributed by atoms with Gasteiger partial charge in [0.25, 0.3) is 0 Å².